The number of benzene rings is 2. The van der Waals surface area contributed by atoms with Crippen molar-refractivity contribution in [3.05, 3.63) is 84.0 Å². The van der Waals surface area contributed by atoms with Gasteiger partial charge in [-0.25, -0.2) is 13.1 Å². The SMILES string of the molecule is C=CCN(c1ccc(Cl)cc1)S(=O)(=O)c1cccc(C(=O)Nc2ccnn2CCC)c1. The number of hydrogen-bond acceptors (Lipinski definition) is 4. The number of hydrogen-bond donors (Lipinski definition) is 1. The molecule has 7 nitrogen and oxygen atoms in total. The summed E-state index contributed by atoms with van der Waals surface area (Å²) >= 11 is 5.93. The van der Waals surface area contributed by atoms with Crippen molar-refractivity contribution < 1.29 is 13.2 Å². The summed E-state index contributed by atoms with van der Waals surface area (Å²) in [5.41, 5.74) is 0.669. The highest BCUT2D eigenvalue weighted by Crippen LogP contribution is 2.26. The van der Waals surface area contributed by atoms with Gasteiger partial charge in [0.1, 0.15) is 5.82 Å². The van der Waals surface area contributed by atoms with Crippen molar-refractivity contribution in [2.75, 3.05) is 16.2 Å². The Morgan fingerprint density at radius 3 is 2.65 bits per heavy atom. The van der Waals surface area contributed by atoms with Crippen LogP contribution in [-0.2, 0) is 16.6 Å². The number of halogens is 1. The number of sulfonamides is 1. The Labute approximate surface area is 187 Å². The van der Waals surface area contributed by atoms with Crippen molar-refractivity contribution in [3.63, 3.8) is 0 Å². The van der Waals surface area contributed by atoms with E-state index in [1.54, 1.807) is 53.3 Å². The highest BCUT2D eigenvalue weighted by Gasteiger charge is 2.25. The number of aromatic nitrogens is 2. The van der Waals surface area contributed by atoms with Crippen LogP contribution in [0.5, 0.6) is 0 Å². The molecule has 9 heteroatoms. The summed E-state index contributed by atoms with van der Waals surface area (Å²) in [6.45, 7) is 6.40. The van der Waals surface area contributed by atoms with Crippen LogP contribution >= 0.6 is 11.6 Å². The molecule has 0 radical (unpaired) electrons. The van der Waals surface area contributed by atoms with Gasteiger partial charge in [-0.05, 0) is 48.9 Å². The van der Waals surface area contributed by atoms with Gasteiger partial charge in [0.25, 0.3) is 15.9 Å². The molecule has 1 amide bonds. The van der Waals surface area contributed by atoms with Crippen LogP contribution in [-0.4, -0.2) is 30.7 Å². The van der Waals surface area contributed by atoms with Crippen molar-refractivity contribution in [2.45, 2.75) is 24.8 Å². The van der Waals surface area contributed by atoms with Gasteiger partial charge < -0.3 is 5.32 Å². The Bertz CT molecular complexity index is 1170. The van der Waals surface area contributed by atoms with Gasteiger partial charge in [-0.3, -0.25) is 9.10 Å². The highest BCUT2D eigenvalue weighted by atomic mass is 35.5. The van der Waals surface area contributed by atoms with Gasteiger partial charge in [-0.15, -0.1) is 6.58 Å². The third-order valence-corrected chi connectivity index (χ3v) is 6.53. The first-order valence-corrected chi connectivity index (χ1v) is 11.5. The first-order valence-electron chi connectivity index (χ1n) is 9.69. The molecule has 3 aromatic rings. The van der Waals surface area contributed by atoms with Crippen molar-refractivity contribution in [1.82, 2.24) is 9.78 Å². The topological polar surface area (TPSA) is 84.3 Å². The number of carbonyl (C=O) groups is 1. The second-order valence-corrected chi connectivity index (χ2v) is 9.02. The molecule has 2 aromatic carbocycles. The predicted molar refractivity (Wildman–Crippen MR) is 123 cm³/mol. The van der Waals surface area contributed by atoms with E-state index in [2.05, 4.69) is 17.0 Å². The van der Waals surface area contributed by atoms with Crippen LogP contribution < -0.4 is 9.62 Å². The minimum atomic E-state index is -3.94. The van der Waals surface area contributed by atoms with E-state index < -0.39 is 15.9 Å². The summed E-state index contributed by atoms with van der Waals surface area (Å²) in [6.07, 6.45) is 3.96. The van der Waals surface area contributed by atoms with E-state index in [1.165, 1.54) is 22.5 Å². The molecule has 0 aliphatic carbocycles. The minimum Gasteiger partial charge on any atom is -0.307 e. The Balaban J connectivity index is 1.91. The van der Waals surface area contributed by atoms with Crippen molar-refractivity contribution >= 4 is 39.0 Å². The maximum atomic E-state index is 13.3. The van der Waals surface area contributed by atoms with E-state index in [9.17, 15) is 13.2 Å². The summed E-state index contributed by atoms with van der Waals surface area (Å²) in [7, 11) is -3.94. The molecule has 0 atom stereocenters. The molecule has 0 unspecified atom stereocenters. The molecule has 0 aliphatic heterocycles. The summed E-state index contributed by atoms with van der Waals surface area (Å²) in [5, 5.41) is 7.46. The van der Waals surface area contributed by atoms with Crippen LogP contribution in [0.1, 0.15) is 23.7 Å². The fraction of sp³-hybridized carbons (Fsp3) is 0.182. The van der Waals surface area contributed by atoms with Crippen LogP contribution in [0.15, 0.2) is 78.3 Å². The number of nitrogens with zero attached hydrogens (tertiary/aromatic N) is 3. The third-order valence-electron chi connectivity index (χ3n) is 4.49. The molecule has 31 heavy (non-hydrogen) atoms. The number of rotatable bonds is 9. The fourth-order valence-corrected chi connectivity index (χ4v) is 4.62. The minimum absolute atomic E-state index is 0.000911. The van der Waals surface area contributed by atoms with Crippen LogP contribution in [0, 0.1) is 0 Å². The lowest BCUT2D eigenvalue weighted by Crippen LogP contribution is -2.31. The van der Waals surface area contributed by atoms with Crippen molar-refractivity contribution in [1.29, 1.82) is 0 Å². The molecule has 162 valence electrons. The standard InChI is InChI=1S/C22H23ClN4O3S/c1-3-14-26-21(12-13-24-26)25-22(28)17-6-5-7-20(16-17)31(29,30)27(15-4-2)19-10-8-18(23)9-11-19/h4-13,16H,2-3,14-15H2,1H3,(H,25,28). The molecule has 0 saturated heterocycles. The molecule has 0 bridgehead atoms. The molecule has 0 saturated carbocycles. The van der Waals surface area contributed by atoms with Crippen molar-refractivity contribution in [3.8, 4) is 0 Å². The second kappa shape index (κ2) is 9.80. The Morgan fingerprint density at radius 2 is 1.97 bits per heavy atom. The number of aryl methyl sites for hydroxylation is 1. The zero-order chi connectivity index (χ0) is 22.4. The maximum Gasteiger partial charge on any atom is 0.264 e. The van der Waals surface area contributed by atoms with Crippen LogP contribution in [0.4, 0.5) is 11.5 Å². The van der Waals surface area contributed by atoms with Gasteiger partial charge in [0.05, 0.1) is 23.3 Å². The lowest BCUT2D eigenvalue weighted by atomic mass is 10.2. The van der Waals surface area contributed by atoms with Gasteiger partial charge >= 0.3 is 0 Å². The van der Waals surface area contributed by atoms with E-state index in [0.717, 1.165) is 6.42 Å². The van der Waals surface area contributed by atoms with Gasteiger partial charge in [0.15, 0.2) is 0 Å². The van der Waals surface area contributed by atoms with Gasteiger partial charge in [-0.2, -0.15) is 5.10 Å². The largest absolute Gasteiger partial charge is 0.307 e. The van der Waals surface area contributed by atoms with Crippen LogP contribution in [0.3, 0.4) is 0 Å². The maximum absolute atomic E-state index is 13.3. The number of carbonyl (C=O) groups excluding carboxylic acids is 1. The molecule has 0 aliphatic rings. The molecular weight excluding hydrogens is 436 g/mol. The lowest BCUT2D eigenvalue weighted by molar-refractivity contribution is 0.102. The lowest BCUT2D eigenvalue weighted by Gasteiger charge is -2.23. The zero-order valence-electron chi connectivity index (χ0n) is 17.0. The van der Waals surface area contributed by atoms with Gasteiger partial charge in [0, 0.05) is 23.2 Å². The Kier molecular flexibility index (Phi) is 7.14. The Hall–Kier alpha value is -3.10. The predicted octanol–water partition coefficient (Wildman–Crippen LogP) is 4.58. The molecular formula is C22H23ClN4O3S. The smallest absolute Gasteiger partial charge is 0.264 e. The first kappa shape index (κ1) is 22.6. The summed E-state index contributed by atoms with van der Waals surface area (Å²) in [6, 6.07) is 14.1. The van der Waals surface area contributed by atoms with E-state index >= 15 is 0 Å². The monoisotopic (exact) mass is 458 g/mol. The van der Waals surface area contributed by atoms with Gasteiger partial charge in [0.2, 0.25) is 0 Å². The molecule has 1 aromatic heterocycles. The molecule has 0 spiro atoms. The Morgan fingerprint density at radius 1 is 1.23 bits per heavy atom. The second-order valence-electron chi connectivity index (χ2n) is 6.72. The normalized spacial score (nSPS) is 11.2. The molecule has 1 heterocycles. The summed E-state index contributed by atoms with van der Waals surface area (Å²) < 4.78 is 29.6. The molecule has 3 rings (SSSR count). The molecule has 1 N–H and O–H groups in total. The van der Waals surface area contributed by atoms with E-state index in [0.29, 0.717) is 23.1 Å². The van der Waals surface area contributed by atoms with Crippen molar-refractivity contribution in [2.24, 2.45) is 0 Å². The number of amides is 1. The first-order chi connectivity index (χ1) is 14.9. The number of nitrogens with one attached hydrogen (secondary N) is 1. The number of anilines is 2. The average molecular weight is 459 g/mol. The summed E-state index contributed by atoms with van der Waals surface area (Å²) in [4.78, 5) is 12.8. The highest BCUT2D eigenvalue weighted by molar-refractivity contribution is 7.92. The van der Waals surface area contributed by atoms with Crippen LogP contribution in [0.25, 0.3) is 0 Å². The van der Waals surface area contributed by atoms with E-state index in [4.69, 9.17) is 11.6 Å². The average Bonchev–Trinajstić information content (AvgIpc) is 3.19. The quantitative estimate of drug-likeness (QED) is 0.475. The van der Waals surface area contributed by atoms with E-state index in [-0.39, 0.29) is 17.0 Å². The zero-order valence-corrected chi connectivity index (χ0v) is 18.6. The fourth-order valence-electron chi connectivity index (χ4n) is 3.01. The molecule has 0 fully saturated rings. The van der Waals surface area contributed by atoms with Gasteiger partial charge in [-0.1, -0.05) is 30.7 Å². The third kappa shape index (κ3) is 5.15. The summed E-state index contributed by atoms with van der Waals surface area (Å²) in [5.74, 6) is 0.131. The van der Waals surface area contributed by atoms with Crippen LogP contribution in [0.2, 0.25) is 5.02 Å². The van der Waals surface area contributed by atoms with E-state index in [1.807, 2.05) is 6.92 Å².